The summed E-state index contributed by atoms with van der Waals surface area (Å²) in [5, 5.41) is 2.94. The number of imidazole rings is 1. The van der Waals surface area contributed by atoms with Crippen LogP contribution in [-0.4, -0.2) is 38.7 Å². The molecule has 1 saturated heterocycles. The molecule has 0 saturated carbocycles. The van der Waals surface area contributed by atoms with Crippen molar-refractivity contribution in [2.45, 2.75) is 46.2 Å². The van der Waals surface area contributed by atoms with Gasteiger partial charge in [-0.15, -0.1) is 0 Å². The second-order valence-corrected chi connectivity index (χ2v) is 6.80. The average molecular weight is 328 g/mol. The van der Waals surface area contributed by atoms with E-state index in [0.29, 0.717) is 19.5 Å². The van der Waals surface area contributed by atoms with Gasteiger partial charge >= 0.3 is 0 Å². The minimum Gasteiger partial charge on any atom is -0.349 e. The number of amides is 2. The molecule has 24 heavy (non-hydrogen) atoms. The molecule has 0 aliphatic carbocycles. The number of carbonyl (C=O) groups excluding carboxylic acids is 2. The van der Waals surface area contributed by atoms with Gasteiger partial charge in [0.05, 0.1) is 12.2 Å². The van der Waals surface area contributed by atoms with Crippen molar-refractivity contribution in [3.8, 4) is 0 Å². The molecule has 0 bridgehead atoms. The Morgan fingerprint density at radius 3 is 2.79 bits per heavy atom. The molecule has 2 amide bonds. The van der Waals surface area contributed by atoms with Gasteiger partial charge in [-0.3, -0.25) is 9.59 Å². The van der Waals surface area contributed by atoms with Crippen molar-refractivity contribution in [2.24, 2.45) is 5.92 Å². The van der Waals surface area contributed by atoms with Crippen molar-refractivity contribution >= 4 is 17.5 Å². The third-order valence-corrected chi connectivity index (χ3v) is 4.44. The average Bonchev–Trinajstić information content (AvgIpc) is 3.11. The van der Waals surface area contributed by atoms with Crippen LogP contribution in [0.3, 0.4) is 0 Å². The fraction of sp³-hybridized carbons (Fsp3) is 0.500. The molecule has 6 nitrogen and oxygen atoms in total. The number of aryl methyl sites for hydroxylation is 1. The van der Waals surface area contributed by atoms with E-state index >= 15 is 0 Å². The fourth-order valence-corrected chi connectivity index (χ4v) is 3.29. The first kappa shape index (κ1) is 16.5. The number of aromatic nitrogens is 2. The number of likely N-dealkylation sites (tertiary alicyclic amines) is 1. The summed E-state index contributed by atoms with van der Waals surface area (Å²) < 4.78 is 1.96. The maximum Gasteiger partial charge on any atom is 0.243 e. The normalized spacial score (nSPS) is 16.2. The zero-order valence-corrected chi connectivity index (χ0v) is 14.5. The molecule has 1 aliphatic heterocycles. The third-order valence-electron chi connectivity index (χ3n) is 4.44. The summed E-state index contributed by atoms with van der Waals surface area (Å²) in [7, 11) is 0. The molecule has 1 fully saturated rings. The molecule has 2 aromatic heterocycles. The monoisotopic (exact) mass is 328 g/mol. The van der Waals surface area contributed by atoms with E-state index in [2.05, 4.69) is 10.3 Å². The molecule has 3 rings (SSSR count). The van der Waals surface area contributed by atoms with Crippen molar-refractivity contribution in [1.82, 2.24) is 19.6 Å². The topological polar surface area (TPSA) is 66.7 Å². The van der Waals surface area contributed by atoms with E-state index in [1.807, 2.05) is 49.7 Å². The van der Waals surface area contributed by atoms with Gasteiger partial charge in [0.15, 0.2) is 0 Å². The van der Waals surface area contributed by atoms with Crippen LogP contribution in [0.25, 0.3) is 5.65 Å². The zero-order chi connectivity index (χ0) is 17.3. The maximum atomic E-state index is 12.6. The summed E-state index contributed by atoms with van der Waals surface area (Å²) in [5.41, 5.74) is 2.83. The predicted molar refractivity (Wildman–Crippen MR) is 91.3 cm³/mol. The Bertz CT molecular complexity index is 765. The van der Waals surface area contributed by atoms with Crippen LogP contribution in [0.5, 0.6) is 0 Å². The molecule has 0 spiro atoms. The van der Waals surface area contributed by atoms with Crippen LogP contribution in [0.1, 0.15) is 37.9 Å². The first-order valence-electron chi connectivity index (χ1n) is 8.47. The first-order valence-corrected chi connectivity index (χ1v) is 8.47. The predicted octanol–water partition coefficient (Wildman–Crippen LogP) is 1.91. The minimum atomic E-state index is -0.403. The van der Waals surface area contributed by atoms with Crippen LogP contribution in [0.4, 0.5) is 0 Å². The highest BCUT2D eigenvalue weighted by Gasteiger charge is 2.34. The van der Waals surface area contributed by atoms with E-state index in [9.17, 15) is 9.59 Å². The lowest BCUT2D eigenvalue weighted by molar-refractivity contribution is -0.139. The van der Waals surface area contributed by atoms with Gasteiger partial charge in [0.1, 0.15) is 11.7 Å². The summed E-state index contributed by atoms with van der Waals surface area (Å²) >= 11 is 0. The second kappa shape index (κ2) is 6.63. The number of pyridine rings is 1. The number of nitrogens with one attached hydrogen (secondary N) is 1. The van der Waals surface area contributed by atoms with E-state index in [1.54, 1.807) is 4.90 Å². The molecule has 128 valence electrons. The van der Waals surface area contributed by atoms with Gasteiger partial charge in [-0.2, -0.15) is 0 Å². The Kier molecular flexibility index (Phi) is 4.55. The van der Waals surface area contributed by atoms with Gasteiger partial charge in [0.2, 0.25) is 11.8 Å². The molecule has 1 N–H and O–H groups in total. The van der Waals surface area contributed by atoms with Crippen LogP contribution >= 0.6 is 0 Å². The highest BCUT2D eigenvalue weighted by molar-refractivity contribution is 5.88. The summed E-state index contributed by atoms with van der Waals surface area (Å²) in [6.07, 6.45) is 5.31. The number of nitrogens with zero attached hydrogens (tertiary/aromatic N) is 3. The third kappa shape index (κ3) is 3.27. The van der Waals surface area contributed by atoms with Gasteiger partial charge in [0.25, 0.3) is 0 Å². The highest BCUT2D eigenvalue weighted by Crippen LogP contribution is 2.19. The number of carbonyl (C=O) groups is 2. The molecule has 3 heterocycles. The Morgan fingerprint density at radius 1 is 1.33 bits per heavy atom. The molecule has 2 aromatic rings. The Labute approximate surface area is 141 Å². The standard InChI is InChI=1S/C18H24N4O2/c1-12(2)17(22-8-4-5-16(22)23)18(24)19-9-14-11-21-10-13(3)6-7-15(21)20-14/h6-7,10-12,17H,4-5,8-9H2,1-3H3,(H,19,24). The van der Waals surface area contributed by atoms with Crippen LogP contribution in [0.15, 0.2) is 24.5 Å². The minimum absolute atomic E-state index is 0.0760. The number of hydrogen-bond donors (Lipinski definition) is 1. The van der Waals surface area contributed by atoms with Crippen molar-refractivity contribution < 1.29 is 9.59 Å². The fourth-order valence-electron chi connectivity index (χ4n) is 3.29. The molecule has 0 radical (unpaired) electrons. The number of fused-ring (bicyclic) bond motifs is 1. The van der Waals surface area contributed by atoms with Crippen LogP contribution in [-0.2, 0) is 16.1 Å². The van der Waals surface area contributed by atoms with Gasteiger partial charge < -0.3 is 14.6 Å². The molecule has 0 aromatic carbocycles. The second-order valence-electron chi connectivity index (χ2n) is 6.80. The van der Waals surface area contributed by atoms with E-state index in [-0.39, 0.29) is 17.7 Å². The highest BCUT2D eigenvalue weighted by atomic mass is 16.2. The molecule has 1 aliphatic rings. The lowest BCUT2D eigenvalue weighted by Crippen LogP contribution is -2.50. The molecule has 1 atom stereocenters. The quantitative estimate of drug-likeness (QED) is 0.912. The maximum absolute atomic E-state index is 12.6. The summed E-state index contributed by atoms with van der Waals surface area (Å²) in [4.78, 5) is 30.8. The van der Waals surface area contributed by atoms with Gasteiger partial charge in [-0.05, 0) is 30.9 Å². The summed E-state index contributed by atoms with van der Waals surface area (Å²) in [5.74, 6) is 0.0521. The Morgan fingerprint density at radius 2 is 2.12 bits per heavy atom. The van der Waals surface area contributed by atoms with Crippen molar-refractivity contribution in [2.75, 3.05) is 6.54 Å². The Balaban J connectivity index is 1.69. The largest absolute Gasteiger partial charge is 0.349 e. The van der Waals surface area contributed by atoms with Gasteiger partial charge in [-0.25, -0.2) is 4.98 Å². The first-order chi connectivity index (χ1) is 11.5. The van der Waals surface area contributed by atoms with Crippen molar-refractivity contribution in [3.63, 3.8) is 0 Å². The summed E-state index contributed by atoms with van der Waals surface area (Å²) in [6, 6.07) is 3.57. The Hall–Kier alpha value is -2.37. The van der Waals surface area contributed by atoms with Crippen LogP contribution in [0, 0.1) is 12.8 Å². The van der Waals surface area contributed by atoms with Crippen LogP contribution < -0.4 is 5.32 Å². The molecular weight excluding hydrogens is 304 g/mol. The van der Waals surface area contributed by atoms with E-state index in [4.69, 9.17) is 0 Å². The zero-order valence-electron chi connectivity index (χ0n) is 14.5. The summed E-state index contributed by atoms with van der Waals surface area (Å²) in [6.45, 7) is 7.02. The van der Waals surface area contributed by atoms with Crippen molar-refractivity contribution in [1.29, 1.82) is 0 Å². The molecule has 1 unspecified atom stereocenters. The van der Waals surface area contributed by atoms with Gasteiger partial charge in [0, 0.05) is 25.4 Å². The smallest absolute Gasteiger partial charge is 0.243 e. The number of hydrogen-bond acceptors (Lipinski definition) is 3. The van der Waals surface area contributed by atoms with Crippen LogP contribution in [0.2, 0.25) is 0 Å². The molecular formula is C18H24N4O2. The SMILES string of the molecule is Cc1ccc2nc(CNC(=O)C(C(C)C)N3CCCC3=O)cn2c1. The van der Waals surface area contributed by atoms with E-state index < -0.39 is 6.04 Å². The number of rotatable bonds is 5. The van der Waals surface area contributed by atoms with E-state index in [1.165, 1.54) is 0 Å². The lowest BCUT2D eigenvalue weighted by atomic mass is 10.0. The van der Waals surface area contributed by atoms with E-state index in [0.717, 1.165) is 23.3 Å². The van der Waals surface area contributed by atoms with Crippen molar-refractivity contribution in [3.05, 3.63) is 35.8 Å². The van der Waals surface area contributed by atoms with Gasteiger partial charge in [-0.1, -0.05) is 19.9 Å². The lowest BCUT2D eigenvalue weighted by Gasteiger charge is -2.29. The molecule has 6 heteroatoms.